The average molecular weight is 656 g/mol. The number of ether oxygens (including phenoxy) is 1. The van der Waals surface area contributed by atoms with Crippen molar-refractivity contribution in [2.75, 3.05) is 0 Å². The first kappa shape index (κ1) is 33.4. The highest BCUT2D eigenvalue weighted by atomic mass is 79.9. The van der Waals surface area contributed by atoms with Crippen LogP contribution in [0.3, 0.4) is 0 Å². The van der Waals surface area contributed by atoms with E-state index in [9.17, 15) is 14.7 Å². The first-order chi connectivity index (χ1) is 19.8. The third-order valence-corrected chi connectivity index (χ3v) is 12.8. The molecule has 0 fully saturated rings. The van der Waals surface area contributed by atoms with Gasteiger partial charge >= 0.3 is 12.2 Å². The average Bonchev–Trinajstić information content (AvgIpc) is 2.92. The molecular formula is C33H43BrN2O5Si. The number of carboxylic acid groups (broad SMARTS) is 1. The molecule has 0 spiro atoms. The molecule has 3 N–H and O–H groups in total. The zero-order valence-corrected chi connectivity index (χ0v) is 27.7. The van der Waals surface area contributed by atoms with Gasteiger partial charge in [0.1, 0.15) is 6.61 Å². The van der Waals surface area contributed by atoms with E-state index in [4.69, 9.17) is 9.16 Å². The monoisotopic (exact) mass is 654 g/mol. The van der Waals surface area contributed by atoms with E-state index in [1.54, 1.807) is 0 Å². The third kappa shape index (κ3) is 10.9. The van der Waals surface area contributed by atoms with E-state index in [0.717, 1.165) is 21.2 Å². The molecule has 2 amide bonds. The van der Waals surface area contributed by atoms with Gasteiger partial charge in [-0.15, -0.1) is 0 Å². The normalized spacial score (nSPS) is 14.0. The van der Waals surface area contributed by atoms with Crippen molar-refractivity contribution < 1.29 is 23.9 Å². The Labute approximate surface area is 259 Å². The van der Waals surface area contributed by atoms with E-state index in [-0.39, 0.29) is 17.7 Å². The van der Waals surface area contributed by atoms with Crippen LogP contribution in [-0.2, 0) is 28.6 Å². The lowest BCUT2D eigenvalue weighted by Crippen LogP contribution is -2.54. The van der Waals surface area contributed by atoms with Crippen molar-refractivity contribution in [3.63, 3.8) is 0 Å². The minimum atomic E-state index is -2.35. The number of carbonyl (C=O) groups excluding carboxylic acids is 1. The molecule has 0 bridgehead atoms. The van der Waals surface area contributed by atoms with Gasteiger partial charge in [0, 0.05) is 10.5 Å². The number of hydrogen-bond acceptors (Lipinski definition) is 4. The highest BCUT2D eigenvalue weighted by Gasteiger charge is 2.42. The molecule has 3 aromatic carbocycles. The quantitative estimate of drug-likeness (QED) is 0.163. The standard InChI is InChI=1S/C33H43BrN2O5Si/c1-33(2,3)42(4,5)41-30(29(36-31(37)38)21-24-12-8-6-9-13-24)22-28(20-25-16-18-27(34)19-17-25)35-32(39)40-23-26-14-10-7-11-15-26/h6-19,28-30,36H,20-23H2,1-5H3,(H,35,39)(H,37,38)/t28-,29-,30-/m0/s1. The van der Waals surface area contributed by atoms with Gasteiger partial charge in [0.05, 0.1) is 12.1 Å². The fourth-order valence-corrected chi connectivity index (χ4v) is 6.10. The van der Waals surface area contributed by atoms with Gasteiger partial charge in [0.2, 0.25) is 0 Å². The van der Waals surface area contributed by atoms with Crippen molar-refractivity contribution in [3.8, 4) is 0 Å². The van der Waals surface area contributed by atoms with Crippen molar-refractivity contribution in [2.45, 2.75) is 83.0 Å². The number of amides is 2. The number of halogens is 1. The van der Waals surface area contributed by atoms with Gasteiger partial charge in [0.15, 0.2) is 8.32 Å². The van der Waals surface area contributed by atoms with Crippen molar-refractivity contribution in [2.24, 2.45) is 0 Å². The maximum Gasteiger partial charge on any atom is 0.407 e. The lowest BCUT2D eigenvalue weighted by molar-refractivity contribution is 0.102. The topological polar surface area (TPSA) is 96.9 Å². The molecule has 0 aliphatic heterocycles. The van der Waals surface area contributed by atoms with Crippen LogP contribution in [0.25, 0.3) is 0 Å². The smallest absolute Gasteiger partial charge is 0.407 e. The summed E-state index contributed by atoms with van der Waals surface area (Å²) in [6, 6.07) is 26.4. The van der Waals surface area contributed by atoms with Crippen LogP contribution in [0.5, 0.6) is 0 Å². The van der Waals surface area contributed by atoms with Crippen LogP contribution in [0.1, 0.15) is 43.9 Å². The minimum Gasteiger partial charge on any atom is -0.465 e. The molecule has 3 rings (SSSR count). The van der Waals surface area contributed by atoms with E-state index in [1.165, 1.54) is 0 Å². The van der Waals surface area contributed by atoms with Crippen molar-refractivity contribution in [1.29, 1.82) is 0 Å². The fourth-order valence-electron chi connectivity index (χ4n) is 4.46. The van der Waals surface area contributed by atoms with Crippen molar-refractivity contribution in [1.82, 2.24) is 10.6 Å². The van der Waals surface area contributed by atoms with Gasteiger partial charge in [-0.05, 0) is 66.2 Å². The predicted octanol–water partition coefficient (Wildman–Crippen LogP) is 7.95. The number of carbonyl (C=O) groups is 2. The summed E-state index contributed by atoms with van der Waals surface area (Å²) in [6.45, 7) is 10.9. The number of benzene rings is 3. The highest BCUT2D eigenvalue weighted by Crippen LogP contribution is 2.38. The van der Waals surface area contributed by atoms with E-state index in [0.29, 0.717) is 19.3 Å². The van der Waals surface area contributed by atoms with Gasteiger partial charge in [0.25, 0.3) is 0 Å². The molecule has 3 atom stereocenters. The van der Waals surface area contributed by atoms with Crippen molar-refractivity contribution in [3.05, 3.63) is 106 Å². The Bertz CT molecular complexity index is 1270. The zero-order valence-electron chi connectivity index (χ0n) is 25.1. The maximum atomic E-state index is 13.1. The molecular weight excluding hydrogens is 612 g/mol. The summed E-state index contributed by atoms with van der Waals surface area (Å²) in [5, 5.41) is 15.5. The van der Waals surface area contributed by atoms with E-state index >= 15 is 0 Å². The van der Waals surface area contributed by atoms with Crippen molar-refractivity contribution >= 4 is 36.4 Å². The first-order valence-corrected chi connectivity index (χ1v) is 18.0. The molecule has 0 heterocycles. The summed E-state index contributed by atoms with van der Waals surface area (Å²) < 4.78 is 13.5. The summed E-state index contributed by atoms with van der Waals surface area (Å²) in [6.07, 6.45) is -0.776. The molecule has 226 valence electrons. The summed E-state index contributed by atoms with van der Waals surface area (Å²) in [7, 11) is -2.35. The van der Waals surface area contributed by atoms with Gasteiger partial charge in [-0.2, -0.15) is 0 Å². The van der Waals surface area contributed by atoms with E-state index < -0.39 is 32.6 Å². The van der Waals surface area contributed by atoms with Crippen LogP contribution >= 0.6 is 15.9 Å². The lowest BCUT2D eigenvalue weighted by atomic mass is 9.94. The SMILES string of the molecule is CC(C)(C)[Si](C)(C)O[C@@H](C[C@H](Cc1ccc(Br)cc1)NC(=O)OCc1ccccc1)[C@H](Cc1ccccc1)NC(=O)O. The maximum absolute atomic E-state index is 13.1. The fraction of sp³-hybridized carbons (Fsp3) is 0.394. The van der Waals surface area contributed by atoms with Gasteiger partial charge in [-0.1, -0.05) is 109 Å². The number of nitrogens with one attached hydrogen (secondary N) is 2. The zero-order chi connectivity index (χ0) is 30.8. The molecule has 9 heteroatoms. The molecule has 0 aromatic heterocycles. The van der Waals surface area contributed by atoms with Gasteiger partial charge < -0.3 is 24.9 Å². The Morgan fingerprint density at radius 3 is 1.93 bits per heavy atom. The summed E-state index contributed by atoms with van der Waals surface area (Å²) in [5.41, 5.74) is 2.92. The van der Waals surface area contributed by atoms with Gasteiger partial charge in [-0.3, -0.25) is 0 Å². The molecule has 0 radical (unpaired) electrons. The summed E-state index contributed by atoms with van der Waals surface area (Å²) in [5.74, 6) is 0. The van der Waals surface area contributed by atoms with Crippen LogP contribution in [0.2, 0.25) is 18.1 Å². The third-order valence-electron chi connectivity index (χ3n) is 7.76. The van der Waals surface area contributed by atoms with Crippen LogP contribution in [0, 0.1) is 0 Å². The molecule has 0 saturated carbocycles. The molecule has 0 unspecified atom stereocenters. The van der Waals surface area contributed by atoms with E-state index in [2.05, 4.69) is 60.4 Å². The van der Waals surface area contributed by atoms with Crippen LogP contribution in [-0.4, -0.2) is 43.8 Å². The second kappa shape index (κ2) is 15.4. The van der Waals surface area contributed by atoms with E-state index in [1.807, 2.05) is 84.9 Å². The second-order valence-electron chi connectivity index (χ2n) is 12.1. The Kier molecular flexibility index (Phi) is 12.2. The van der Waals surface area contributed by atoms with Crippen LogP contribution in [0.4, 0.5) is 9.59 Å². The Hall–Kier alpha value is -3.14. The molecule has 42 heavy (non-hydrogen) atoms. The molecule has 0 aliphatic carbocycles. The Morgan fingerprint density at radius 1 is 0.833 bits per heavy atom. The number of rotatable bonds is 13. The van der Waals surface area contributed by atoms with Crippen LogP contribution in [0.15, 0.2) is 89.4 Å². The Balaban J connectivity index is 1.92. The molecule has 3 aromatic rings. The summed E-state index contributed by atoms with van der Waals surface area (Å²) in [4.78, 5) is 25.1. The lowest BCUT2D eigenvalue weighted by Gasteiger charge is -2.42. The first-order valence-electron chi connectivity index (χ1n) is 14.3. The molecule has 0 saturated heterocycles. The number of hydrogen-bond donors (Lipinski definition) is 3. The summed E-state index contributed by atoms with van der Waals surface area (Å²) >= 11 is 3.49. The predicted molar refractivity (Wildman–Crippen MR) is 173 cm³/mol. The van der Waals surface area contributed by atoms with Crippen LogP contribution < -0.4 is 10.6 Å². The second-order valence-corrected chi connectivity index (χ2v) is 17.8. The highest BCUT2D eigenvalue weighted by molar-refractivity contribution is 9.10. The number of alkyl carbamates (subject to hydrolysis) is 1. The van der Waals surface area contributed by atoms with Gasteiger partial charge in [-0.25, -0.2) is 9.59 Å². The minimum absolute atomic E-state index is 0.102. The molecule has 7 nitrogen and oxygen atoms in total. The largest absolute Gasteiger partial charge is 0.465 e. The molecule has 0 aliphatic rings. The Morgan fingerprint density at radius 2 is 1.38 bits per heavy atom.